The van der Waals surface area contributed by atoms with Crippen molar-refractivity contribution in [3.8, 4) is 0 Å². The average Bonchev–Trinajstić information content (AvgIpc) is 2.79. The largest absolute Gasteiger partial charge is 0.390 e. The van der Waals surface area contributed by atoms with Gasteiger partial charge in [-0.15, -0.1) is 0 Å². The fourth-order valence-electron chi connectivity index (χ4n) is 2.03. The fourth-order valence-corrected chi connectivity index (χ4v) is 2.03. The maximum absolute atomic E-state index is 5.45. The second-order valence-corrected chi connectivity index (χ2v) is 4.49. The standard InChI is InChI=1S/C14H20N2O/c1-3-8-15-10-12-9-14(16-17-12)13-7-5-4-6-11(13)2/h4-7,12,15H,3,8-10H2,1-2H3. The Morgan fingerprint density at radius 1 is 1.41 bits per heavy atom. The Hall–Kier alpha value is -1.35. The molecule has 0 saturated heterocycles. The topological polar surface area (TPSA) is 33.6 Å². The van der Waals surface area contributed by atoms with Crippen molar-refractivity contribution < 1.29 is 4.84 Å². The zero-order chi connectivity index (χ0) is 12.1. The Balaban J connectivity index is 1.91. The van der Waals surface area contributed by atoms with E-state index in [2.05, 4.69) is 42.5 Å². The highest BCUT2D eigenvalue weighted by molar-refractivity contribution is 6.02. The highest BCUT2D eigenvalue weighted by Gasteiger charge is 2.22. The third-order valence-electron chi connectivity index (χ3n) is 2.99. The van der Waals surface area contributed by atoms with Gasteiger partial charge in [0, 0.05) is 18.5 Å². The van der Waals surface area contributed by atoms with Gasteiger partial charge in [-0.1, -0.05) is 36.3 Å². The number of rotatable bonds is 5. The van der Waals surface area contributed by atoms with E-state index in [1.54, 1.807) is 0 Å². The Morgan fingerprint density at radius 2 is 2.24 bits per heavy atom. The second-order valence-electron chi connectivity index (χ2n) is 4.49. The summed E-state index contributed by atoms with van der Waals surface area (Å²) in [6.07, 6.45) is 2.25. The summed E-state index contributed by atoms with van der Waals surface area (Å²) in [6.45, 7) is 6.20. The molecule has 3 heteroatoms. The number of nitrogens with one attached hydrogen (secondary N) is 1. The van der Waals surface area contributed by atoms with Crippen LogP contribution in [0.2, 0.25) is 0 Å². The molecule has 0 fully saturated rings. The minimum absolute atomic E-state index is 0.191. The van der Waals surface area contributed by atoms with E-state index >= 15 is 0 Å². The second kappa shape index (κ2) is 5.82. The predicted octanol–water partition coefficient (Wildman–Crippen LogP) is 2.49. The van der Waals surface area contributed by atoms with Crippen LogP contribution >= 0.6 is 0 Å². The first-order chi connectivity index (χ1) is 8.31. The van der Waals surface area contributed by atoms with Gasteiger partial charge in [0.15, 0.2) is 0 Å². The molecule has 0 radical (unpaired) electrons. The van der Waals surface area contributed by atoms with E-state index in [0.717, 1.165) is 31.6 Å². The lowest BCUT2D eigenvalue weighted by Crippen LogP contribution is -2.27. The highest BCUT2D eigenvalue weighted by atomic mass is 16.6. The van der Waals surface area contributed by atoms with Crippen molar-refractivity contribution in [3.05, 3.63) is 35.4 Å². The molecule has 1 aromatic rings. The summed E-state index contributed by atoms with van der Waals surface area (Å²) in [5.74, 6) is 0. The number of aryl methyl sites for hydroxylation is 1. The van der Waals surface area contributed by atoms with E-state index in [4.69, 9.17) is 4.84 Å². The van der Waals surface area contributed by atoms with Crippen LogP contribution in [0.25, 0.3) is 0 Å². The lowest BCUT2D eigenvalue weighted by molar-refractivity contribution is 0.0852. The van der Waals surface area contributed by atoms with E-state index in [9.17, 15) is 0 Å². The highest BCUT2D eigenvalue weighted by Crippen LogP contribution is 2.18. The number of hydrogen-bond donors (Lipinski definition) is 1. The van der Waals surface area contributed by atoms with E-state index < -0.39 is 0 Å². The average molecular weight is 232 g/mol. The molecule has 0 aromatic heterocycles. The van der Waals surface area contributed by atoms with Gasteiger partial charge in [0.05, 0.1) is 5.71 Å². The molecule has 3 nitrogen and oxygen atoms in total. The van der Waals surface area contributed by atoms with Gasteiger partial charge in [0.1, 0.15) is 6.10 Å². The molecule has 1 atom stereocenters. The first-order valence-electron chi connectivity index (χ1n) is 6.30. The van der Waals surface area contributed by atoms with Gasteiger partial charge in [-0.25, -0.2) is 0 Å². The smallest absolute Gasteiger partial charge is 0.145 e. The van der Waals surface area contributed by atoms with Gasteiger partial charge < -0.3 is 10.2 Å². The molecule has 2 rings (SSSR count). The van der Waals surface area contributed by atoms with Crippen molar-refractivity contribution in [1.29, 1.82) is 0 Å². The molecule has 17 heavy (non-hydrogen) atoms. The number of hydrogen-bond acceptors (Lipinski definition) is 3. The van der Waals surface area contributed by atoms with Crippen LogP contribution in [0.4, 0.5) is 0 Å². The lowest BCUT2D eigenvalue weighted by atomic mass is 10.0. The maximum atomic E-state index is 5.45. The van der Waals surface area contributed by atoms with Crippen molar-refractivity contribution in [1.82, 2.24) is 5.32 Å². The van der Waals surface area contributed by atoms with Crippen molar-refractivity contribution >= 4 is 5.71 Å². The van der Waals surface area contributed by atoms with Crippen LogP contribution in [0, 0.1) is 6.92 Å². The Labute approximate surface area is 103 Å². The van der Waals surface area contributed by atoms with Gasteiger partial charge in [-0.3, -0.25) is 0 Å². The van der Waals surface area contributed by atoms with E-state index in [1.807, 2.05) is 6.07 Å². The molecule has 1 aliphatic rings. The molecule has 1 N–H and O–H groups in total. The molecule has 1 aliphatic heterocycles. The van der Waals surface area contributed by atoms with E-state index in [0.29, 0.717) is 0 Å². The number of nitrogens with zero attached hydrogens (tertiary/aromatic N) is 1. The number of oxime groups is 1. The Bertz CT molecular complexity index is 401. The third kappa shape index (κ3) is 3.07. The van der Waals surface area contributed by atoms with Gasteiger partial charge in [-0.2, -0.15) is 0 Å². The molecule has 92 valence electrons. The first-order valence-corrected chi connectivity index (χ1v) is 6.30. The van der Waals surface area contributed by atoms with Crippen LogP contribution in [0.3, 0.4) is 0 Å². The van der Waals surface area contributed by atoms with Gasteiger partial charge in [0.25, 0.3) is 0 Å². The summed E-state index contributed by atoms with van der Waals surface area (Å²) in [5, 5.41) is 7.57. The molecule has 0 amide bonds. The normalized spacial score (nSPS) is 18.9. The van der Waals surface area contributed by atoms with Crippen LogP contribution in [0.5, 0.6) is 0 Å². The van der Waals surface area contributed by atoms with Crippen molar-refractivity contribution in [2.75, 3.05) is 13.1 Å². The quantitative estimate of drug-likeness (QED) is 0.791. The summed E-state index contributed by atoms with van der Waals surface area (Å²) in [4.78, 5) is 5.45. The maximum Gasteiger partial charge on any atom is 0.145 e. The third-order valence-corrected chi connectivity index (χ3v) is 2.99. The first kappa shape index (κ1) is 12.1. The van der Waals surface area contributed by atoms with Gasteiger partial charge in [-0.05, 0) is 25.5 Å². The molecule has 1 aromatic carbocycles. The zero-order valence-corrected chi connectivity index (χ0v) is 10.6. The summed E-state index contributed by atoms with van der Waals surface area (Å²) in [6, 6.07) is 8.32. The molecule has 0 bridgehead atoms. The van der Waals surface area contributed by atoms with Crippen molar-refractivity contribution in [2.45, 2.75) is 32.8 Å². The lowest BCUT2D eigenvalue weighted by Gasteiger charge is -2.08. The van der Waals surface area contributed by atoms with Crippen LogP contribution in [0.1, 0.15) is 30.9 Å². The molecular weight excluding hydrogens is 212 g/mol. The van der Waals surface area contributed by atoms with Gasteiger partial charge in [0.2, 0.25) is 0 Å². The van der Waals surface area contributed by atoms with Crippen LogP contribution in [-0.4, -0.2) is 24.9 Å². The Morgan fingerprint density at radius 3 is 3.00 bits per heavy atom. The van der Waals surface area contributed by atoms with Crippen molar-refractivity contribution in [3.63, 3.8) is 0 Å². The summed E-state index contributed by atoms with van der Waals surface area (Å²) >= 11 is 0. The van der Waals surface area contributed by atoms with E-state index in [-0.39, 0.29) is 6.10 Å². The van der Waals surface area contributed by atoms with Crippen LogP contribution in [-0.2, 0) is 4.84 Å². The summed E-state index contributed by atoms with van der Waals surface area (Å²) in [7, 11) is 0. The molecule has 0 saturated carbocycles. The molecular formula is C14H20N2O. The van der Waals surface area contributed by atoms with Crippen molar-refractivity contribution in [2.24, 2.45) is 5.16 Å². The predicted molar refractivity (Wildman–Crippen MR) is 70.4 cm³/mol. The van der Waals surface area contributed by atoms with Crippen LogP contribution < -0.4 is 5.32 Å². The fraction of sp³-hybridized carbons (Fsp3) is 0.500. The Kier molecular flexibility index (Phi) is 4.15. The molecule has 1 heterocycles. The van der Waals surface area contributed by atoms with E-state index in [1.165, 1.54) is 11.1 Å². The monoisotopic (exact) mass is 232 g/mol. The zero-order valence-electron chi connectivity index (χ0n) is 10.6. The molecule has 0 spiro atoms. The SMILES string of the molecule is CCCNCC1CC(c2ccccc2C)=NO1. The summed E-state index contributed by atoms with van der Waals surface area (Å²) in [5.41, 5.74) is 3.55. The minimum Gasteiger partial charge on any atom is -0.390 e. The molecule has 0 aliphatic carbocycles. The minimum atomic E-state index is 0.191. The van der Waals surface area contributed by atoms with Gasteiger partial charge >= 0.3 is 0 Å². The number of benzene rings is 1. The van der Waals surface area contributed by atoms with Crippen LogP contribution in [0.15, 0.2) is 29.4 Å². The molecule has 1 unspecified atom stereocenters. The summed E-state index contributed by atoms with van der Waals surface area (Å²) < 4.78 is 0.